The Labute approximate surface area is 184 Å². The smallest absolute Gasteiger partial charge is 0.408 e. The Morgan fingerprint density at radius 1 is 1.28 bits per heavy atom. The molecular weight excluding hydrogens is 429 g/mol. The van der Waals surface area contributed by atoms with Crippen LogP contribution in [0.3, 0.4) is 0 Å². The van der Waals surface area contributed by atoms with E-state index in [0.717, 1.165) is 0 Å². The van der Waals surface area contributed by atoms with Crippen LogP contribution in [0.25, 0.3) is 0 Å². The molecule has 1 N–H and O–H groups in total. The third-order valence-corrected chi connectivity index (χ3v) is 11.5. The van der Waals surface area contributed by atoms with Gasteiger partial charge in [0.15, 0.2) is 14.1 Å². The summed E-state index contributed by atoms with van der Waals surface area (Å²) < 4.78 is 6.51. The maximum absolute atomic E-state index is 13.6. The molecule has 0 spiro atoms. The number of rotatable bonds is 6. The standard InChI is InChI=1S/C21H31Cl2NO4Si/c1-7-10-21(18(25)14-8-9-16(22)17(23)11-14)12-15(13-24(21)19(26)27)28-29(5,6)20(2,3)4/h8-9,11,15H,7,10,12-13H2,1-6H3,(H,26,27)/t15-,21+/m1/s1. The van der Waals surface area contributed by atoms with Gasteiger partial charge in [-0.05, 0) is 42.8 Å². The summed E-state index contributed by atoms with van der Waals surface area (Å²) in [5.74, 6) is -0.248. The third-order valence-electron chi connectivity index (χ3n) is 6.23. The molecular formula is C21H31Cl2NO4Si. The molecule has 1 saturated heterocycles. The highest BCUT2D eigenvalue weighted by atomic mass is 35.5. The van der Waals surface area contributed by atoms with E-state index in [4.69, 9.17) is 27.6 Å². The van der Waals surface area contributed by atoms with Gasteiger partial charge in [0.2, 0.25) is 0 Å². The van der Waals surface area contributed by atoms with Gasteiger partial charge in [0.1, 0.15) is 5.54 Å². The fraction of sp³-hybridized carbons (Fsp3) is 0.619. The number of Topliss-reactive ketones (excluding diaryl/α,β-unsaturated/α-hetero) is 1. The Balaban J connectivity index is 2.45. The maximum atomic E-state index is 13.6. The topological polar surface area (TPSA) is 66.8 Å². The first-order valence-electron chi connectivity index (χ1n) is 9.93. The van der Waals surface area contributed by atoms with Crippen molar-refractivity contribution < 1.29 is 19.1 Å². The first kappa shape index (κ1) is 24.2. The van der Waals surface area contributed by atoms with Crippen LogP contribution in [0.2, 0.25) is 28.2 Å². The number of ketones is 1. The quantitative estimate of drug-likeness (QED) is 0.389. The van der Waals surface area contributed by atoms with Gasteiger partial charge in [0, 0.05) is 12.0 Å². The van der Waals surface area contributed by atoms with Gasteiger partial charge in [0.25, 0.3) is 0 Å². The molecule has 1 heterocycles. The molecule has 0 unspecified atom stereocenters. The van der Waals surface area contributed by atoms with Crippen molar-refractivity contribution in [2.45, 2.75) is 76.7 Å². The van der Waals surface area contributed by atoms with Gasteiger partial charge in [0.05, 0.1) is 22.7 Å². The second-order valence-corrected chi connectivity index (χ2v) is 14.9. The highest BCUT2D eigenvalue weighted by Gasteiger charge is 2.54. The van der Waals surface area contributed by atoms with Crippen molar-refractivity contribution in [1.82, 2.24) is 4.90 Å². The summed E-state index contributed by atoms with van der Waals surface area (Å²) in [5, 5.41) is 10.6. The van der Waals surface area contributed by atoms with E-state index in [2.05, 4.69) is 33.9 Å². The van der Waals surface area contributed by atoms with Crippen molar-refractivity contribution in [3.63, 3.8) is 0 Å². The summed E-state index contributed by atoms with van der Waals surface area (Å²) >= 11 is 12.1. The van der Waals surface area contributed by atoms with Crippen molar-refractivity contribution >= 4 is 43.4 Å². The summed E-state index contributed by atoms with van der Waals surface area (Å²) in [6.07, 6.45) is 0.0245. The Hall–Kier alpha value is -1.08. The van der Waals surface area contributed by atoms with Crippen LogP contribution in [0.15, 0.2) is 18.2 Å². The third kappa shape index (κ3) is 4.81. The van der Waals surface area contributed by atoms with Crippen molar-refractivity contribution in [3.8, 4) is 0 Å². The molecule has 1 aliphatic heterocycles. The summed E-state index contributed by atoms with van der Waals surface area (Å²) in [5.41, 5.74) is -0.794. The molecule has 2 atom stereocenters. The number of nitrogens with zero attached hydrogens (tertiary/aromatic N) is 1. The lowest BCUT2D eigenvalue weighted by atomic mass is 9.82. The zero-order valence-corrected chi connectivity index (χ0v) is 20.5. The molecule has 0 radical (unpaired) electrons. The Bertz CT molecular complexity index is 793. The fourth-order valence-corrected chi connectivity index (χ4v) is 5.39. The minimum atomic E-state index is -2.12. The summed E-state index contributed by atoms with van der Waals surface area (Å²) in [7, 11) is -2.12. The summed E-state index contributed by atoms with van der Waals surface area (Å²) in [6.45, 7) is 12.8. The molecule has 5 nitrogen and oxygen atoms in total. The van der Waals surface area contributed by atoms with Gasteiger partial charge < -0.3 is 9.53 Å². The maximum Gasteiger partial charge on any atom is 0.408 e. The number of amides is 1. The number of carbonyl (C=O) groups is 2. The van der Waals surface area contributed by atoms with E-state index >= 15 is 0 Å². The largest absolute Gasteiger partial charge is 0.465 e. The number of likely N-dealkylation sites (tertiary alicyclic amines) is 1. The zero-order chi connectivity index (χ0) is 22.2. The van der Waals surface area contributed by atoms with E-state index in [9.17, 15) is 14.7 Å². The minimum Gasteiger partial charge on any atom is -0.465 e. The van der Waals surface area contributed by atoms with Gasteiger partial charge in [-0.2, -0.15) is 0 Å². The fourth-order valence-electron chi connectivity index (χ4n) is 3.75. The average molecular weight is 460 g/mol. The number of carboxylic acid groups (broad SMARTS) is 1. The molecule has 29 heavy (non-hydrogen) atoms. The van der Waals surface area contributed by atoms with E-state index in [1.54, 1.807) is 12.1 Å². The molecule has 1 aromatic carbocycles. The van der Waals surface area contributed by atoms with Crippen LogP contribution in [0.4, 0.5) is 4.79 Å². The van der Waals surface area contributed by atoms with Crippen LogP contribution in [-0.4, -0.2) is 48.4 Å². The minimum absolute atomic E-state index is 0.00915. The molecule has 1 fully saturated rings. The van der Waals surface area contributed by atoms with E-state index in [0.29, 0.717) is 29.8 Å². The lowest BCUT2D eigenvalue weighted by Crippen LogP contribution is -2.52. The van der Waals surface area contributed by atoms with Gasteiger partial charge >= 0.3 is 6.09 Å². The molecule has 0 aliphatic carbocycles. The highest BCUT2D eigenvalue weighted by Crippen LogP contribution is 2.43. The summed E-state index contributed by atoms with van der Waals surface area (Å²) in [6, 6.07) is 4.70. The predicted octanol–water partition coefficient (Wildman–Crippen LogP) is 6.49. The second-order valence-electron chi connectivity index (χ2n) is 9.34. The zero-order valence-electron chi connectivity index (χ0n) is 18.0. The van der Waals surface area contributed by atoms with Crippen LogP contribution >= 0.6 is 23.2 Å². The van der Waals surface area contributed by atoms with Crippen molar-refractivity contribution in [2.24, 2.45) is 0 Å². The lowest BCUT2D eigenvalue weighted by Gasteiger charge is -2.38. The van der Waals surface area contributed by atoms with Crippen molar-refractivity contribution in [3.05, 3.63) is 33.8 Å². The van der Waals surface area contributed by atoms with Crippen molar-refractivity contribution in [1.29, 1.82) is 0 Å². The number of halogens is 2. The number of benzene rings is 1. The SMILES string of the molecule is CCC[C@@]1(C(=O)c2ccc(Cl)c(Cl)c2)C[C@@H](O[Si](C)(C)C(C)(C)C)CN1C(=O)O. The summed E-state index contributed by atoms with van der Waals surface area (Å²) in [4.78, 5) is 27.0. The molecule has 1 aromatic rings. The molecule has 0 bridgehead atoms. The van der Waals surface area contributed by atoms with E-state index in [-0.39, 0.29) is 28.5 Å². The predicted molar refractivity (Wildman–Crippen MR) is 120 cm³/mol. The molecule has 8 heteroatoms. The normalized spacial score (nSPS) is 22.8. The molecule has 162 valence electrons. The van der Waals surface area contributed by atoms with Crippen LogP contribution in [0.5, 0.6) is 0 Å². The Morgan fingerprint density at radius 2 is 1.90 bits per heavy atom. The number of carbonyl (C=O) groups excluding carboxylic acids is 1. The van der Waals surface area contributed by atoms with Gasteiger partial charge in [-0.25, -0.2) is 4.79 Å². The number of hydrogen-bond acceptors (Lipinski definition) is 3. The van der Waals surface area contributed by atoms with Gasteiger partial charge in [-0.3, -0.25) is 9.69 Å². The molecule has 0 saturated carbocycles. The molecule has 0 aromatic heterocycles. The van der Waals surface area contributed by atoms with Gasteiger partial charge in [-0.1, -0.05) is 57.3 Å². The highest BCUT2D eigenvalue weighted by molar-refractivity contribution is 6.74. The van der Waals surface area contributed by atoms with Gasteiger partial charge in [-0.15, -0.1) is 0 Å². The van der Waals surface area contributed by atoms with Crippen LogP contribution in [0, 0.1) is 0 Å². The van der Waals surface area contributed by atoms with E-state index in [1.165, 1.54) is 11.0 Å². The van der Waals surface area contributed by atoms with E-state index in [1.807, 2.05) is 6.92 Å². The van der Waals surface area contributed by atoms with Crippen LogP contribution < -0.4 is 0 Å². The lowest BCUT2D eigenvalue weighted by molar-refractivity contribution is 0.0616. The molecule has 1 aliphatic rings. The molecule has 1 amide bonds. The number of hydrogen-bond donors (Lipinski definition) is 1. The van der Waals surface area contributed by atoms with Crippen LogP contribution in [-0.2, 0) is 4.43 Å². The van der Waals surface area contributed by atoms with Crippen molar-refractivity contribution in [2.75, 3.05) is 6.54 Å². The first-order valence-corrected chi connectivity index (χ1v) is 13.6. The van der Waals surface area contributed by atoms with Crippen LogP contribution in [0.1, 0.15) is 57.3 Å². The second kappa shape index (κ2) is 8.58. The first-order chi connectivity index (χ1) is 13.2. The monoisotopic (exact) mass is 459 g/mol. The molecule has 2 rings (SSSR count). The Kier molecular flexibility index (Phi) is 7.15. The van der Waals surface area contributed by atoms with E-state index < -0.39 is 19.9 Å². The Morgan fingerprint density at radius 3 is 2.38 bits per heavy atom. The average Bonchev–Trinajstić information content (AvgIpc) is 2.95.